The Hall–Kier alpha value is -4.80. The predicted molar refractivity (Wildman–Crippen MR) is 177 cm³/mol. The zero-order chi connectivity index (χ0) is 28.1. The van der Waals surface area contributed by atoms with Crippen LogP contribution in [0.3, 0.4) is 0 Å². The molecule has 3 nitrogen and oxygen atoms in total. The fourth-order valence-corrected chi connectivity index (χ4v) is 5.31. The van der Waals surface area contributed by atoms with E-state index in [-0.39, 0.29) is 22.4 Å². The van der Waals surface area contributed by atoms with Crippen molar-refractivity contribution < 1.29 is 22.4 Å². The minimum atomic E-state index is 0. The second-order valence-electron chi connectivity index (χ2n) is 10.2. The minimum Gasteiger partial charge on any atom is -0.657 e. The van der Waals surface area contributed by atoms with Gasteiger partial charge < -0.3 is 14.8 Å². The van der Waals surface area contributed by atoms with Crippen LogP contribution in [0, 0.1) is 6.67 Å². The predicted octanol–water partition coefficient (Wildman–Crippen LogP) is 9.89. The van der Waals surface area contributed by atoms with Crippen LogP contribution in [0.4, 0.5) is 11.4 Å². The van der Waals surface area contributed by atoms with E-state index in [4.69, 9.17) is 4.98 Å². The normalized spacial score (nSPS) is 12.2. The number of hydrogen-bond donors (Lipinski definition) is 0. The monoisotopic (exact) mass is 736 g/mol. The van der Waals surface area contributed by atoms with Crippen molar-refractivity contribution in [2.75, 3.05) is 9.80 Å². The molecule has 6 aromatic carbocycles. The number of hydrogen-bond acceptors (Lipinski definition) is 2. The summed E-state index contributed by atoms with van der Waals surface area (Å²) in [6.07, 6.45) is 4.12. The fourth-order valence-electron chi connectivity index (χ4n) is 5.31. The molecule has 0 saturated heterocycles. The van der Waals surface area contributed by atoms with E-state index >= 15 is 0 Å². The van der Waals surface area contributed by atoms with Gasteiger partial charge in [0.15, 0.2) is 0 Å². The molecule has 1 radical (unpaired) electrons. The molecule has 0 unspecified atom stereocenters. The number of rotatable bonds is 4. The summed E-state index contributed by atoms with van der Waals surface area (Å²) < 4.78 is 0. The Morgan fingerprint density at radius 1 is 0.395 bits per heavy atom. The van der Waals surface area contributed by atoms with Gasteiger partial charge in [-0.15, -0.1) is 17.7 Å². The van der Waals surface area contributed by atoms with Crippen molar-refractivity contribution in [3.63, 3.8) is 0 Å². The van der Waals surface area contributed by atoms with Crippen LogP contribution in [0.1, 0.15) is 0 Å². The van der Waals surface area contributed by atoms with Gasteiger partial charge in [-0.2, -0.15) is 0 Å². The maximum absolute atomic E-state index is 4.78. The first-order valence-electron chi connectivity index (χ1n) is 14.1. The van der Waals surface area contributed by atoms with Crippen LogP contribution >= 0.6 is 0 Å². The third kappa shape index (κ3) is 6.20. The van der Waals surface area contributed by atoms with Crippen LogP contribution < -0.4 is 14.8 Å². The van der Waals surface area contributed by atoms with Gasteiger partial charge in [0.1, 0.15) is 0 Å². The molecule has 0 fully saturated rings. The van der Waals surface area contributed by atoms with Crippen LogP contribution in [0.25, 0.3) is 44.1 Å². The van der Waals surface area contributed by atoms with Gasteiger partial charge in [-0.1, -0.05) is 121 Å². The molecule has 1 aliphatic rings. The molecule has 0 spiro atoms. The van der Waals surface area contributed by atoms with Crippen molar-refractivity contribution >= 4 is 33.2 Å². The second-order valence-corrected chi connectivity index (χ2v) is 10.2. The average molecular weight is 737 g/mol. The molecule has 0 amide bonds. The zero-order valence-electron chi connectivity index (χ0n) is 23.4. The molecule has 1 aliphatic heterocycles. The van der Waals surface area contributed by atoms with Crippen molar-refractivity contribution in [2.24, 2.45) is 0 Å². The molecular formula is C39H29AuN3-2. The SMILES string of the molecule is C1=CN(c2ccccc2)[CH-]N1c1ccccc1.[Au].c1ccc(-c2ccc3[n-]c4ccc(-c5ccccc5)cc4c3c2)cc1. The molecule has 213 valence electrons. The molecule has 8 rings (SSSR count). The Bertz CT molecular complexity index is 1810. The number of anilines is 2. The molecule has 2 heterocycles. The molecule has 0 atom stereocenters. The minimum absolute atomic E-state index is 0. The van der Waals surface area contributed by atoms with E-state index in [1.54, 1.807) is 0 Å². The Balaban J connectivity index is 0.000000161. The topological polar surface area (TPSA) is 20.6 Å². The average Bonchev–Trinajstić information content (AvgIpc) is 3.72. The van der Waals surface area contributed by atoms with E-state index in [9.17, 15) is 0 Å². The van der Waals surface area contributed by atoms with Gasteiger partial charge in [-0.3, -0.25) is 0 Å². The van der Waals surface area contributed by atoms with E-state index in [0.717, 1.165) is 11.0 Å². The number of nitrogens with zero attached hydrogens (tertiary/aromatic N) is 3. The molecule has 0 N–H and O–H groups in total. The van der Waals surface area contributed by atoms with Gasteiger partial charge in [-0.05, 0) is 81.8 Å². The summed E-state index contributed by atoms with van der Waals surface area (Å²) in [5.74, 6) is 0. The van der Waals surface area contributed by atoms with Gasteiger partial charge in [0.05, 0.1) is 0 Å². The first-order chi connectivity index (χ1) is 20.8. The third-order valence-electron chi connectivity index (χ3n) is 7.48. The van der Waals surface area contributed by atoms with Crippen molar-refractivity contribution in [1.82, 2.24) is 4.98 Å². The van der Waals surface area contributed by atoms with E-state index in [1.165, 1.54) is 44.4 Å². The van der Waals surface area contributed by atoms with Crippen LogP contribution in [-0.2, 0) is 22.4 Å². The number of benzene rings is 6. The van der Waals surface area contributed by atoms with E-state index in [1.807, 2.05) is 48.5 Å². The smallest absolute Gasteiger partial charge is 0.0124 e. The largest absolute Gasteiger partial charge is 0.657 e. The summed E-state index contributed by atoms with van der Waals surface area (Å²) in [4.78, 5) is 8.99. The van der Waals surface area contributed by atoms with Crippen LogP contribution in [0.5, 0.6) is 0 Å². The van der Waals surface area contributed by atoms with Gasteiger partial charge in [0.25, 0.3) is 0 Å². The summed E-state index contributed by atoms with van der Waals surface area (Å²) in [6.45, 7) is 2.07. The number of fused-ring (bicyclic) bond motifs is 3. The Labute approximate surface area is 268 Å². The Morgan fingerprint density at radius 2 is 0.767 bits per heavy atom. The van der Waals surface area contributed by atoms with Crippen LogP contribution in [0.15, 0.2) is 170 Å². The second kappa shape index (κ2) is 13.0. The van der Waals surface area contributed by atoms with Gasteiger partial charge in [0.2, 0.25) is 0 Å². The summed E-state index contributed by atoms with van der Waals surface area (Å²) in [5, 5.41) is 2.43. The van der Waals surface area contributed by atoms with Crippen molar-refractivity contribution in [3.8, 4) is 22.3 Å². The summed E-state index contributed by atoms with van der Waals surface area (Å²) in [7, 11) is 0. The van der Waals surface area contributed by atoms with Crippen molar-refractivity contribution in [3.05, 3.63) is 177 Å². The number of aromatic nitrogens is 1. The van der Waals surface area contributed by atoms with Crippen molar-refractivity contribution in [2.45, 2.75) is 0 Å². The van der Waals surface area contributed by atoms with Gasteiger partial charge in [-0.25, -0.2) is 0 Å². The summed E-state index contributed by atoms with van der Waals surface area (Å²) in [6, 6.07) is 54.7. The van der Waals surface area contributed by atoms with Crippen LogP contribution in [-0.4, -0.2) is 0 Å². The maximum Gasteiger partial charge on any atom is 0.0124 e. The molecule has 4 heteroatoms. The summed E-state index contributed by atoms with van der Waals surface area (Å²) in [5.41, 5.74) is 9.38. The van der Waals surface area contributed by atoms with Gasteiger partial charge in [0, 0.05) is 33.8 Å². The first kappa shape index (κ1) is 28.3. The van der Waals surface area contributed by atoms with E-state index in [2.05, 4.69) is 138 Å². The van der Waals surface area contributed by atoms with E-state index < -0.39 is 0 Å². The molecule has 0 bridgehead atoms. The molecule has 1 aromatic heterocycles. The Morgan fingerprint density at radius 3 is 1.16 bits per heavy atom. The van der Waals surface area contributed by atoms with E-state index in [0.29, 0.717) is 0 Å². The molecule has 7 aromatic rings. The molecular weight excluding hydrogens is 707 g/mol. The maximum atomic E-state index is 4.78. The fraction of sp³-hybridized carbons (Fsp3) is 0. The Kier molecular flexibility index (Phi) is 8.57. The molecule has 0 saturated carbocycles. The molecule has 43 heavy (non-hydrogen) atoms. The quantitative estimate of drug-likeness (QED) is 0.133. The third-order valence-corrected chi connectivity index (χ3v) is 7.48. The zero-order valence-corrected chi connectivity index (χ0v) is 25.6. The van der Waals surface area contributed by atoms with Crippen LogP contribution in [0.2, 0.25) is 0 Å². The standard InChI is InChI=1S/C24H16N.C15H13N2.Au/c1-3-7-17(8-4-1)19-11-13-23-21(15-19)22-16-20(12-14-24(22)25-23)18-9-5-2-6-10-18;1-3-7-14(8-4-1)16-11-12-17(13-16)15-9-5-2-6-10-15;/h1-16H;1-13H;/q2*-1;. The molecule has 0 aliphatic carbocycles. The first-order valence-corrected chi connectivity index (χ1v) is 14.1. The van der Waals surface area contributed by atoms with Crippen molar-refractivity contribution in [1.29, 1.82) is 0 Å². The van der Waals surface area contributed by atoms with Gasteiger partial charge >= 0.3 is 0 Å². The number of para-hydroxylation sites is 2. The summed E-state index contributed by atoms with van der Waals surface area (Å²) >= 11 is 0.